The minimum absolute atomic E-state index is 0.480. The number of nitrogens with two attached hydrogens (primary N) is 1. The quantitative estimate of drug-likeness (QED) is 0.626. The number of halogens is 1. The summed E-state index contributed by atoms with van der Waals surface area (Å²) < 4.78 is 6.03. The fourth-order valence-corrected chi connectivity index (χ4v) is 2.78. The number of rotatable bonds is 5. The summed E-state index contributed by atoms with van der Waals surface area (Å²) in [6, 6.07) is 20.2. The molecule has 3 rings (SSSR count). The molecule has 0 saturated heterocycles. The second-order valence-electron chi connectivity index (χ2n) is 5.35. The van der Waals surface area contributed by atoms with Crippen molar-refractivity contribution in [3.8, 4) is 16.9 Å². The van der Waals surface area contributed by atoms with Gasteiger partial charge < -0.3 is 15.8 Å². The van der Waals surface area contributed by atoms with Gasteiger partial charge >= 0.3 is 0 Å². The smallest absolute Gasteiger partial charge is 0.148 e. The van der Waals surface area contributed by atoms with Crippen LogP contribution in [0.5, 0.6) is 5.75 Å². The van der Waals surface area contributed by atoms with Crippen LogP contribution in [-0.2, 0) is 6.54 Å². The van der Waals surface area contributed by atoms with Gasteiger partial charge in [0.05, 0.1) is 12.8 Å². The average molecular weight is 384 g/mol. The molecular weight excluding hydrogens is 366 g/mol. The maximum atomic E-state index is 5.92. The summed E-state index contributed by atoms with van der Waals surface area (Å²) in [4.78, 5) is 4.19. The molecule has 0 bridgehead atoms. The molecule has 3 N–H and O–H groups in total. The van der Waals surface area contributed by atoms with E-state index in [-0.39, 0.29) is 0 Å². The van der Waals surface area contributed by atoms with Crippen LogP contribution in [0.2, 0.25) is 0 Å². The van der Waals surface area contributed by atoms with E-state index in [9.17, 15) is 0 Å². The van der Waals surface area contributed by atoms with Gasteiger partial charge in [0.1, 0.15) is 16.2 Å². The highest BCUT2D eigenvalue weighted by molar-refractivity contribution is 9.10. The van der Waals surface area contributed by atoms with Crippen LogP contribution < -0.4 is 15.8 Å². The van der Waals surface area contributed by atoms with E-state index >= 15 is 0 Å². The number of hydrogen-bond acceptors (Lipinski definition) is 4. The highest BCUT2D eigenvalue weighted by Crippen LogP contribution is 2.25. The molecule has 0 aliphatic carbocycles. The first-order valence-electron chi connectivity index (χ1n) is 7.55. The summed E-state index contributed by atoms with van der Waals surface area (Å²) in [6.07, 6.45) is 0. The molecular formula is C19H18BrN3O. The first-order valence-corrected chi connectivity index (χ1v) is 8.34. The molecule has 0 fully saturated rings. The van der Waals surface area contributed by atoms with Crippen molar-refractivity contribution in [3.05, 3.63) is 70.8 Å². The van der Waals surface area contributed by atoms with E-state index < -0.39 is 0 Å². The molecule has 0 radical (unpaired) electrons. The Morgan fingerprint density at radius 3 is 2.54 bits per heavy atom. The molecule has 24 heavy (non-hydrogen) atoms. The molecule has 0 unspecified atom stereocenters. The monoisotopic (exact) mass is 383 g/mol. The van der Waals surface area contributed by atoms with Gasteiger partial charge in [-0.15, -0.1) is 0 Å². The van der Waals surface area contributed by atoms with E-state index in [1.54, 1.807) is 7.11 Å². The lowest BCUT2D eigenvalue weighted by Crippen LogP contribution is -2.04. The second kappa shape index (κ2) is 7.36. The molecule has 3 aromatic rings. The molecule has 1 heterocycles. The third-order valence-electron chi connectivity index (χ3n) is 3.70. The summed E-state index contributed by atoms with van der Waals surface area (Å²) in [5.41, 5.74) is 10.2. The van der Waals surface area contributed by atoms with E-state index in [1.165, 1.54) is 0 Å². The van der Waals surface area contributed by atoms with Crippen molar-refractivity contribution in [3.63, 3.8) is 0 Å². The zero-order valence-corrected chi connectivity index (χ0v) is 14.9. The van der Waals surface area contributed by atoms with Crippen LogP contribution in [0.3, 0.4) is 0 Å². The van der Waals surface area contributed by atoms with Gasteiger partial charge in [-0.25, -0.2) is 4.98 Å². The molecule has 1 aromatic heterocycles. The summed E-state index contributed by atoms with van der Waals surface area (Å²) in [6.45, 7) is 0.672. The number of nitrogens with zero attached hydrogens (tertiary/aromatic N) is 1. The summed E-state index contributed by atoms with van der Waals surface area (Å²) in [5.74, 6) is 1.33. The van der Waals surface area contributed by atoms with Crippen LogP contribution in [0.15, 0.2) is 65.3 Å². The van der Waals surface area contributed by atoms with Gasteiger partial charge in [0.15, 0.2) is 0 Å². The molecule has 0 amide bonds. The average Bonchev–Trinajstić information content (AvgIpc) is 2.61. The highest BCUT2D eigenvalue weighted by Gasteiger charge is 2.04. The third-order valence-corrected chi connectivity index (χ3v) is 4.15. The summed E-state index contributed by atoms with van der Waals surface area (Å²) >= 11 is 3.31. The van der Waals surface area contributed by atoms with Crippen LogP contribution in [-0.4, -0.2) is 12.1 Å². The summed E-state index contributed by atoms with van der Waals surface area (Å²) in [5, 5.41) is 3.32. The molecule has 0 saturated carbocycles. The van der Waals surface area contributed by atoms with E-state index in [0.29, 0.717) is 12.4 Å². The SMILES string of the molecule is COc1cccc(-c2cccc(CNc3ccc(Br)nc3N)c2)c1. The van der Waals surface area contributed by atoms with Crippen molar-refractivity contribution in [2.45, 2.75) is 6.54 Å². The number of anilines is 2. The molecule has 2 aromatic carbocycles. The zero-order valence-electron chi connectivity index (χ0n) is 13.3. The van der Waals surface area contributed by atoms with Gasteiger partial charge in [0, 0.05) is 6.54 Å². The molecule has 122 valence electrons. The predicted molar refractivity (Wildman–Crippen MR) is 102 cm³/mol. The number of nitrogens with one attached hydrogen (secondary N) is 1. The van der Waals surface area contributed by atoms with Crippen LogP contribution in [0, 0.1) is 0 Å². The Hall–Kier alpha value is -2.53. The van der Waals surface area contributed by atoms with Gasteiger partial charge in [0.25, 0.3) is 0 Å². The Labute approximate surface area is 149 Å². The lowest BCUT2D eigenvalue weighted by atomic mass is 10.0. The fourth-order valence-electron chi connectivity index (χ4n) is 2.46. The number of aromatic nitrogens is 1. The summed E-state index contributed by atoms with van der Waals surface area (Å²) in [7, 11) is 1.68. The highest BCUT2D eigenvalue weighted by atomic mass is 79.9. The van der Waals surface area contributed by atoms with Gasteiger partial charge in [-0.3, -0.25) is 0 Å². The Kier molecular flexibility index (Phi) is 5.01. The number of ether oxygens (including phenoxy) is 1. The normalized spacial score (nSPS) is 10.4. The maximum absolute atomic E-state index is 5.92. The van der Waals surface area contributed by atoms with Crippen molar-refractivity contribution >= 4 is 27.4 Å². The minimum Gasteiger partial charge on any atom is -0.497 e. The molecule has 4 nitrogen and oxygen atoms in total. The number of pyridine rings is 1. The molecule has 0 aliphatic heterocycles. The van der Waals surface area contributed by atoms with E-state index in [1.807, 2.05) is 30.3 Å². The largest absolute Gasteiger partial charge is 0.497 e. The first kappa shape index (κ1) is 16.3. The minimum atomic E-state index is 0.480. The molecule has 0 spiro atoms. The van der Waals surface area contributed by atoms with E-state index in [0.717, 1.165) is 32.7 Å². The first-order chi connectivity index (χ1) is 11.7. The molecule has 0 atom stereocenters. The third kappa shape index (κ3) is 3.86. The predicted octanol–water partition coefficient (Wildman–Crippen LogP) is 4.71. The number of nitrogen functional groups attached to an aromatic ring is 1. The Morgan fingerprint density at radius 1 is 1.04 bits per heavy atom. The fraction of sp³-hybridized carbons (Fsp3) is 0.105. The standard InChI is InChI=1S/C19H18BrN3O/c1-24-16-7-3-6-15(11-16)14-5-2-4-13(10-14)12-22-17-8-9-18(20)23-19(17)21/h2-11,22H,12H2,1H3,(H2,21,23). The Balaban J connectivity index is 1.77. The van der Waals surface area contributed by atoms with Crippen molar-refractivity contribution in [1.82, 2.24) is 4.98 Å². The van der Waals surface area contributed by atoms with Crippen molar-refractivity contribution in [2.24, 2.45) is 0 Å². The van der Waals surface area contributed by atoms with Crippen molar-refractivity contribution in [1.29, 1.82) is 0 Å². The van der Waals surface area contributed by atoms with Crippen molar-refractivity contribution < 1.29 is 4.74 Å². The van der Waals surface area contributed by atoms with Crippen LogP contribution in [0.4, 0.5) is 11.5 Å². The van der Waals surface area contributed by atoms with Gasteiger partial charge in [-0.05, 0) is 63.0 Å². The molecule has 0 aliphatic rings. The van der Waals surface area contributed by atoms with E-state index in [4.69, 9.17) is 10.5 Å². The zero-order chi connectivity index (χ0) is 16.9. The van der Waals surface area contributed by atoms with E-state index in [2.05, 4.69) is 56.6 Å². The lowest BCUT2D eigenvalue weighted by Gasteiger charge is -2.10. The van der Waals surface area contributed by atoms with Crippen LogP contribution >= 0.6 is 15.9 Å². The van der Waals surface area contributed by atoms with Gasteiger partial charge in [-0.2, -0.15) is 0 Å². The number of methoxy groups -OCH3 is 1. The Morgan fingerprint density at radius 2 is 1.79 bits per heavy atom. The number of benzene rings is 2. The molecule has 5 heteroatoms. The van der Waals surface area contributed by atoms with Gasteiger partial charge in [-0.1, -0.05) is 30.3 Å². The van der Waals surface area contributed by atoms with Crippen LogP contribution in [0.1, 0.15) is 5.56 Å². The van der Waals surface area contributed by atoms with Crippen molar-refractivity contribution in [2.75, 3.05) is 18.2 Å². The second-order valence-corrected chi connectivity index (χ2v) is 6.17. The maximum Gasteiger partial charge on any atom is 0.148 e. The Bertz CT molecular complexity index is 852. The number of hydrogen-bond donors (Lipinski definition) is 2. The topological polar surface area (TPSA) is 60.2 Å². The lowest BCUT2D eigenvalue weighted by molar-refractivity contribution is 0.415. The van der Waals surface area contributed by atoms with Gasteiger partial charge in [0.2, 0.25) is 0 Å². The van der Waals surface area contributed by atoms with Crippen LogP contribution in [0.25, 0.3) is 11.1 Å².